The zero-order valence-corrected chi connectivity index (χ0v) is 14.5. The molecule has 0 aliphatic carbocycles. The predicted molar refractivity (Wildman–Crippen MR) is 94.2 cm³/mol. The van der Waals surface area contributed by atoms with Crippen molar-refractivity contribution in [3.8, 4) is 11.8 Å². The first-order valence-electron chi connectivity index (χ1n) is 7.94. The molecule has 7 heteroatoms. The number of nitriles is 1. The Morgan fingerprint density at radius 3 is 2.80 bits per heavy atom. The topological polar surface area (TPSA) is 78.5 Å². The molecule has 1 amide bonds. The van der Waals surface area contributed by atoms with Crippen LogP contribution in [0.5, 0.6) is 5.75 Å². The number of carbonyl (C=O) groups is 1. The molecule has 25 heavy (non-hydrogen) atoms. The predicted octanol–water partition coefficient (Wildman–Crippen LogP) is 2.84. The molecular weight excluding hydrogens is 342 g/mol. The van der Waals surface area contributed by atoms with Gasteiger partial charge in [0.1, 0.15) is 18.1 Å². The van der Waals surface area contributed by atoms with Crippen LogP contribution in [0, 0.1) is 11.3 Å². The van der Waals surface area contributed by atoms with Crippen LogP contribution in [0.1, 0.15) is 12.2 Å². The zero-order chi connectivity index (χ0) is 17.9. The Kier molecular flexibility index (Phi) is 7.83. The number of rotatable bonds is 10. The van der Waals surface area contributed by atoms with Gasteiger partial charge in [-0.2, -0.15) is 5.26 Å². The summed E-state index contributed by atoms with van der Waals surface area (Å²) in [6, 6.07) is 12.8. The Bertz CT molecular complexity index is 681. The molecule has 2 aromatic rings. The third-order valence-electron chi connectivity index (χ3n) is 3.37. The van der Waals surface area contributed by atoms with Crippen LogP contribution in [-0.2, 0) is 11.3 Å². The molecule has 0 fully saturated rings. The number of amides is 1. The van der Waals surface area contributed by atoms with E-state index in [4.69, 9.17) is 26.0 Å². The van der Waals surface area contributed by atoms with Crippen molar-refractivity contribution in [2.45, 2.75) is 13.0 Å². The van der Waals surface area contributed by atoms with E-state index in [2.05, 4.69) is 11.4 Å². The van der Waals surface area contributed by atoms with Crippen molar-refractivity contribution in [3.63, 3.8) is 0 Å². The molecule has 0 radical (unpaired) electrons. The lowest BCUT2D eigenvalue weighted by atomic mass is 10.3. The first-order valence-corrected chi connectivity index (χ1v) is 8.32. The molecule has 0 bridgehead atoms. The molecule has 0 aliphatic rings. The maximum atomic E-state index is 12.1. The quantitative estimate of drug-likeness (QED) is 0.658. The van der Waals surface area contributed by atoms with Crippen molar-refractivity contribution in [3.05, 3.63) is 53.4 Å². The summed E-state index contributed by atoms with van der Waals surface area (Å²) in [5.41, 5.74) is 0. The van der Waals surface area contributed by atoms with E-state index >= 15 is 0 Å². The first-order chi connectivity index (χ1) is 12.2. The fourth-order valence-corrected chi connectivity index (χ4v) is 2.32. The van der Waals surface area contributed by atoms with Gasteiger partial charge in [-0.25, -0.2) is 0 Å². The molecule has 1 aromatic heterocycles. The van der Waals surface area contributed by atoms with E-state index in [1.807, 2.05) is 11.0 Å². The second-order valence-electron chi connectivity index (χ2n) is 5.35. The molecule has 0 atom stereocenters. The van der Waals surface area contributed by atoms with Crippen LogP contribution in [0.15, 0.2) is 47.1 Å². The number of halogens is 1. The van der Waals surface area contributed by atoms with E-state index in [1.165, 1.54) is 0 Å². The van der Waals surface area contributed by atoms with Crippen LogP contribution >= 0.6 is 11.6 Å². The Morgan fingerprint density at radius 2 is 2.12 bits per heavy atom. The number of carbonyl (C=O) groups excluding carboxylic acids is 1. The van der Waals surface area contributed by atoms with E-state index in [9.17, 15) is 4.79 Å². The minimum Gasteiger partial charge on any atom is -0.492 e. The Balaban J connectivity index is 1.70. The van der Waals surface area contributed by atoms with E-state index in [-0.39, 0.29) is 12.5 Å². The molecule has 2 rings (SSSR count). The van der Waals surface area contributed by atoms with Crippen molar-refractivity contribution >= 4 is 17.5 Å². The zero-order valence-electron chi connectivity index (χ0n) is 13.8. The van der Waals surface area contributed by atoms with Crippen molar-refractivity contribution in [1.29, 1.82) is 5.26 Å². The highest BCUT2D eigenvalue weighted by Gasteiger charge is 2.12. The lowest BCUT2D eigenvalue weighted by Crippen LogP contribution is -2.38. The molecule has 0 aliphatic heterocycles. The molecule has 1 heterocycles. The summed E-state index contributed by atoms with van der Waals surface area (Å²) in [6.07, 6.45) is 1.94. The number of furan rings is 1. The summed E-state index contributed by atoms with van der Waals surface area (Å²) in [6.45, 7) is 1.96. The first kappa shape index (κ1) is 18.8. The fourth-order valence-electron chi connectivity index (χ4n) is 2.19. The number of benzene rings is 1. The molecular formula is C18H20ClN3O3. The average molecular weight is 362 g/mol. The van der Waals surface area contributed by atoms with Crippen LogP contribution < -0.4 is 10.1 Å². The summed E-state index contributed by atoms with van der Waals surface area (Å²) >= 11 is 5.81. The van der Waals surface area contributed by atoms with E-state index in [0.717, 1.165) is 5.76 Å². The number of nitrogens with zero attached hydrogens (tertiary/aromatic N) is 2. The van der Waals surface area contributed by atoms with Crippen molar-refractivity contribution in [2.75, 3.05) is 26.2 Å². The highest BCUT2D eigenvalue weighted by Crippen LogP contribution is 2.15. The largest absolute Gasteiger partial charge is 0.492 e. The number of nitrogens with one attached hydrogen (secondary N) is 1. The second kappa shape index (κ2) is 10.4. The Labute approximate surface area is 151 Å². The highest BCUT2D eigenvalue weighted by atomic mass is 35.5. The van der Waals surface area contributed by atoms with Gasteiger partial charge in [0.2, 0.25) is 5.91 Å². The van der Waals surface area contributed by atoms with Crippen molar-refractivity contribution in [1.82, 2.24) is 10.2 Å². The molecule has 0 saturated heterocycles. The van der Waals surface area contributed by atoms with E-state index in [0.29, 0.717) is 43.4 Å². The van der Waals surface area contributed by atoms with E-state index < -0.39 is 0 Å². The monoisotopic (exact) mass is 361 g/mol. The summed E-state index contributed by atoms with van der Waals surface area (Å²) in [7, 11) is 0. The molecule has 6 nitrogen and oxygen atoms in total. The number of ether oxygens (including phenoxy) is 1. The summed E-state index contributed by atoms with van der Waals surface area (Å²) in [5, 5.41) is 12.2. The molecule has 0 saturated carbocycles. The fraction of sp³-hybridized carbons (Fsp3) is 0.333. The lowest BCUT2D eigenvalue weighted by molar-refractivity contribution is -0.122. The van der Waals surface area contributed by atoms with Gasteiger partial charge in [0, 0.05) is 18.0 Å². The van der Waals surface area contributed by atoms with Gasteiger partial charge in [-0.3, -0.25) is 9.69 Å². The summed E-state index contributed by atoms with van der Waals surface area (Å²) < 4.78 is 10.8. The normalized spacial score (nSPS) is 10.4. The standard InChI is InChI=1S/C18H20ClN3O3/c19-15-4-6-16(7-5-15)25-12-9-21-18(23)14-22(10-2-8-20)13-17-3-1-11-24-17/h1,3-7,11H,2,9-10,12-14H2,(H,21,23). The highest BCUT2D eigenvalue weighted by molar-refractivity contribution is 6.30. The van der Waals surface area contributed by atoms with Gasteiger partial charge in [-0.15, -0.1) is 0 Å². The van der Waals surface area contributed by atoms with Gasteiger partial charge in [-0.05, 0) is 36.4 Å². The van der Waals surface area contributed by atoms with Crippen molar-refractivity contribution in [2.24, 2.45) is 0 Å². The van der Waals surface area contributed by atoms with E-state index in [1.54, 1.807) is 36.6 Å². The molecule has 0 spiro atoms. The van der Waals surface area contributed by atoms with Crippen LogP contribution in [0.25, 0.3) is 0 Å². The van der Waals surface area contributed by atoms with Crippen LogP contribution in [0.4, 0.5) is 0 Å². The summed E-state index contributed by atoms with van der Waals surface area (Å²) in [4.78, 5) is 13.9. The minimum atomic E-state index is -0.121. The maximum absolute atomic E-state index is 12.1. The van der Waals surface area contributed by atoms with Gasteiger partial charge in [0.25, 0.3) is 0 Å². The average Bonchev–Trinajstić information content (AvgIpc) is 3.11. The maximum Gasteiger partial charge on any atom is 0.234 e. The Morgan fingerprint density at radius 1 is 1.32 bits per heavy atom. The lowest BCUT2D eigenvalue weighted by Gasteiger charge is -2.19. The van der Waals surface area contributed by atoms with Gasteiger partial charge < -0.3 is 14.5 Å². The van der Waals surface area contributed by atoms with Gasteiger partial charge >= 0.3 is 0 Å². The minimum absolute atomic E-state index is 0.121. The smallest absolute Gasteiger partial charge is 0.234 e. The van der Waals surface area contributed by atoms with Gasteiger partial charge in [0.05, 0.1) is 32.0 Å². The molecule has 1 N–H and O–H groups in total. The summed E-state index contributed by atoms with van der Waals surface area (Å²) in [5.74, 6) is 1.34. The molecule has 1 aromatic carbocycles. The molecule has 132 valence electrons. The van der Waals surface area contributed by atoms with Gasteiger partial charge in [-0.1, -0.05) is 11.6 Å². The SMILES string of the molecule is N#CCCN(CC(=O)NCCOc1ccc(Cl)cc1)Cc1ccco1. The van der Waals surface area contributed by atoms with Gasteiger partial charge in [0.15, 0.2) is 0 Å². The van der Waals surface area contributed by atoms with Crippen LogP contribution in [0.3, 0.4) is 0 Å². The number of hydrogen-bond donors (Lipinski definition) is 1. The third kappa shape index (κ3) is 7.29. The van der Waals surface area contributed by atoms with Crippen molar-refractivity contribution < 1.29 is 13.9 Å². The Hall–Kier alpha value is -2.49. The van der Waals surface area contributed by atoms with Crippen LogP contribution in [-0.4, -0.2) is 37.0 Å². The van der Waals surface area contributed by atoms with Crippen LogP contribution in [0.2, 0.25) is 5.02 Å². The number of hydrogen-bond acceptors (Lipinski definition) is 5. The molecule has 0 unspecified atom stereocenters. The third-order valence-corrected chi connectivity index (χ3v) is 3.63. The second-order valence-corrected chi connectivity index (χ2v) is 5.79.